The van der Waals surface area contributed by atoms with Crippen LogP contribution in [0.15, 0.2) is 72.1 Å². The smallest absolute Gasteiger partial charge is 0.243 e. The molecule has 2 aromatic carbocycles. The molecule has 2 fully saturated rings. The average Bonchev–Trinajstić information content (AvgIpc) is 2.84. The minimum absolute atomic E-state index is 0.00934. The van der Waals surface area contributed by atoms with Gasteiger partial charge in [0.15, 0.2) is 0 Å². The van der Waals surface area contributed by atoms with Crippen LogP contribution in [0, 0.1) is 5.82 Å². The van der Waals surface area contributed by atoms with Crippen LogP contribution in [-0.2, 0) is 10.0 Å². The van der Waals surface area contributed by atoms with Crippen LogP contribution in [0.25, 0.3) is 11.1 Å². The standard InChI is InChI=1S/C25H27FN4O3S/c26-21-7-9-22(10-8-21)34(32,33)29-11-1-2-12-30-23(15-29)25(24(30)16-31)19-5-3-18(4-6-19)20-13-27-17-28-14-20/h3-10,13-14,17,23-25,31H,1-2,11-12,15-16H2/t23-,24-,25-/m1/s1. The maximum absolute atomic E-state index is 13.4. The number of fused-ring (bicyclic) bond motifs is 1. The van der Waals surface area contributed by atoms with Crippen LogP contribution in [0.4, 0.5) is 4.39 Å². The van der Waals surface area contributed by atoms with E-state index in [1.165, 1.54) is 34.9 Å². The van der Waals surface area contributed by atoms with Gasteiger partial charge < -0.3 is 5.11 Å². The van der Waals surface area contributed by atoms with Gasteiger partial charge in [-0.15, -0.1) is 0 Å². The first-order valence-corrected chi connectivity index (χ1v) is 12.9. The summed E-state index contributed by atoms with van der Waals surface area (Å²) in [6, 6.07) is 13.0. The molecule has 0 saturated carbocycles. The van der Waals surface area contributed by atoms with E-state index in [1.807, 2.05) is 24.3 Å². The predicted molar refractivity (Wildman–Crippen MR) is 126 cm³/mol. The van der Waals surface area contributed by atoms with Gasteiger partial charge in [-0.2, -0.15) is 4.31 Å². The quantitative estimate of drug-likeness (QED) is 0.602. The van der Waals surface area contributed by atoms with Crippen LogP contribution in [-0.4, -0.2) is 71.0 Å². The number of aliphatic hydroxyl groups excluding tert-OH is 1. The zero-order valence-electron chi connectivity index (χ0n) is 18.7. The molecule has 0 spiro atoms. The molecule has 0 bridgehead atoms. The van der Waals surface area contributed by atoms with E-state index in [0.717, 1.165) is 36.1 Å². The van der Waals surface area contributed by atoms with Gasteiger partial charge in [-0.3, -0.25) is 4.90 Å². The zero-order valence-corrected chi connectivity index (χ0v) is 19.5. The monoisotopic (exact) mass is 482 g/mol. The van der Waals surface area contributed by atoms with Gasteiger partial charge in [0, 0.05) is 49.0 Å². The van der Waals surface area contributed by atoms with E-state index in [-0.39, 0.29) is 29.5 Å². The highest BCUT2D eigenvalue weighted by atomic mass is 32.2. The minimum Gasteiger partial charge on any atom is -0.395 e. The Hall–Kier alpha value is -2.72. The largest absolute Gasteiger partial charge is 0.395 e. The van der Waals surface area contributed by atoms with Crippen LogP contribution in [0.2, 0.25) is 0 Å². The van der Waals surface area contributed by atoms with Crippen LogP contribution in [0.3, 0.4) is 0 Å². The van der Waals surface area contributed by atoms with Crippen LogP contribution >= 0.6 is 0 Å². The predicted octanol–water partition coefficient (Wildman–Crippen LogP) is 2.90. The second kappa shape index (κ2) is 9.50. The SMILES string of the molecule is O=S(=O)(c1ccc(F)cc1)N1CCCCN2[C@H](CO)[C@H](c3ccc(-c4cncnc4)cc3)[C@H]2C1. The highest BCUT2D eigenvalue weighted by molar-refractivity contribution is 7.89. The molecule has 3 atom stereocenters. The maximum atomic E-state index is 13.4. The summed E-state index contributed by atoms with van der Waals surface area (Å²) in [6.45, 7) is 1.60. The molecule has 1 aromatic heterocycles. The molecule has 178 valence electrons. The van der Waals surface area contributed by atoms with Gasteiger partial charge in [0.1, 0.15) is 12.1 Å². The lowest BCUT2D eigenvalue weighted by Gasteiger charge is -2.57. The fourth-order valence-corrected chi connectivity index (χ4v) is 6.73. The normalized spacial score (nSPS) is 24.0. The molecule has 9 heteroatoms. The number of aliphatic hydroxyl groups is 1. The van der Waals surface area contributed by atoms with Crippen LogP contribution < -0.4 is 0 Å². The Balaban J connectivity index is 1.42. The highest BCUT2D eigenvalue weighted by Gasteiger charge is 2.50. The number of hydrogen-bond acceptors (Lipinski definition) is 6. The molecule has 2 aliphatic rings. The Morgan fingerprint density at radius 1 is 0.941 bits per heavy atom. The number of benzene rings is 2. The van der Waals surface area contributed by atoms with Gasteiger partial charge in [0.2, 0.25) is 10.0 Å². The Labute approximate surface area is 198 Å². The topological polar surface area (TPSA) is 86.6 Å². The zero-order chi connectivity index (χ0) is 23.7. The van der Waals surface area contributed by atoms with Crippen molar-refractivity contribution < 1.29 is 17.9 Å². The van der Waals surface area contributed by atoms with Crippen molar-refractivity contribution in [2.24, 2.45) is 0 Å². The van der Waals surface area contributed by atoms with Crippen molar-refractivity contribution in [3.8, 4) is 11.1 Å². The van der Waals surface area contributed by atoms with E-state index in [0.29, 0.717) is 13.1 Å². The van der Waals surface area contributed by atoms with Crippen LogP contribution in [0.5, 0.6) is 0 Å². The molecule has 0 amide bonds. The number of rotatable bonds is 5. The Kier molecular flexibility index (Phi) is 6.44. The summed E-state index contributed by atoms with van der Waals surface area (Å²) < 4.78 is 41.6. The lowest BCUT2D eigenvalue weighted by atomic mass is 9.74. The molecule has 34 heavy (non-hydrogen) atoms. The highest BCUT2D eigenvalue weighted by Crippen LogP contribution is 2.43. The van der Waals surface area contributed by atoms with Crippen LogP contribution in [0.1, 0.15) is 24.3 Å². The molecule has 0 aliphatic carbocycles. The van der Waals surface area contributed by atoms with Crippen molar-refractivity contribution in [2.45, 2.75) is 35.7 Å². The third kappa shape index (κ3) is 4.24. The molecule has 3 heterocycles. The van der Waals surface area contributed by atoms with Crippen molar-refractivity contribution in [1.29, 1.82) is 0 Å². The molecule has 7 nitrogen and oxygen atoms in total. The molecule has 3 aromatic rings. The Bertz CT molecular complexity index is 1220. The summed E-state index contributed by atoms with van der Waals surface area (Å²) in [5, 5.41) is 10.2. The van der Waals surface area contributed by atoms with E-state index in [2.05, 4.69) is 14.9 Å². The fourth-order valence-electron chi connectivity index (χ4n) is 5.23. The van der Waals surface area contributed by atoms with Gasteiger partial charge in [-0.25, -0.2) is 22.8 Å². The van der Waals surface area contributed by atoms with E-state index in [1.54, 1.807) is 12.4 Å². The summed E-state index contributed by atoms with van der Waals surface area (Å²) >= 11 is 0. The second-order valence-electron chi connectivity index (χ2n) is 8.85. The van der Waals surface area contributed by atoms with E-state index in [4.69, 9.17) is 0 Å². The summed E-state index contributed by atoms with van der Waals surface area (Å²) in [6.07, 6.45) is 6.60. The molecule has 2 saturated heterocycles. The molecular formula is C25H27FN4O3S. The number of aromatic nitrogens is 2. The van der Waals surface area contributed by atoms with E-state index >= 15 is 0 Å². The van der Waals surface area contributed by atoms with Crippen molar-refractivity contribution in [3.05, 3.63) is 78.6 Å². The van der Waals surface area contributed by atoms with E-state index < -0.39 is 15.8 Å². The van der Waals surface area contributed by atoms with Crippen molar-refractivity contribution in [1.82, 2.24) is 19.2 Å². The molecule has 0 unspecified atom stereocenters. The average molecular weight is 483 g/mol. The first-order valence-electron chi connectivity index (χ1n) is 11.5. The van der Waals surface area contributed by atoms with Crippen molar-refractivity contribution in [3.63, 3.8) is 0 Å². The minimum atomic E-state index is -3.75. The number of halogens is 1. The first kappa shape index (κ1) is 23.0. The summed E-state index contributed by atoms with van der Waals surface area (Å²) in [4.78, 5) is 10.5. The number of sulfonamides is 1. The molecule has 1 N–H and O–H groups in total. The summed E-state index contributed by atoms with van der Waals surface area (Å²) in [7, 11) is -3.75. The van der Waals surface area contributed by atoms with E-state index in [9.17, 15) is 17.9 Å². The Morgan fingerprint density at radius 3 is 2.29 bits per heavy atom. The molecule has 5 rings (SSSR count). The van der Waals surface area contributed by atoms with Gasteiger partial charge >= 0.3 is 0 Å². The second-order valence-corrected chi connectivity index (χ2v) is 10.8. The molecule has 0 radical (unpaired) electrons. The lowest BCUT2D eigenvalue weighted by Crippen LogP contribution is -2.67. The summed E-state index contributed by atoms with van der Waals surface area (Å²) in [5.74, 6) is -0.455. The summed E-state index contributed by atoms with van der Waals surface area (Å²) in [5.41, 5.74) is 2.99. The van der Waals surface area contributed by atoms with Gasteiger partial charge in [-0.05, 0) is 54.8 Å². The lowest BCUT2D eigenvalue weighted by molar-refractivity contribution is -0.0553. The van der Waals surface area contributed by atoms with Gasteiger partial charge in [0.25, 0.3) is 0 Å². The third-order valence-electron chi connectivity index (χ3n) is 6.97. The fraction of sp³-hybridized carbons (Fsp3) is 0.360. The van der Waals surface area contributed by atoms with Gasteiger partial charge in [0.05, 0.1) is 11.5 Å². The number of hydrogen-bond donors (Lipinski definition) is 1. The van der Waals surface area contributed by atoms with Crippen molar-refractivity contribution in [2.75, 3.05) is 26.2 Å². The first-order chi connectivity index (χ1) is 16.5. The van der Waals surface area contributed by atoms with Crippen molar-refractivity contribution >= 4 is 10.0 Å². The third-order valence-corrected chi connectivity index (χ3v) is 8.85. The maximum Gasteiger partial charge on any atom is 0.243 e. The number of nitrogens with zero attached hydrogens (tertiary/aromatic N) is 4. The van der Waals surface area contributed by atoms with Gasteiger partial charge in [-0.1, -0.05) is 24.3 Å². The molecule has 2 aliphatic heterocycles. The molecular weight excluding hydrogens is 455 g/mol. The Morgan fingerprint density at radius 2 is 1.62 bits per heavy atom.